The molecule has 1 aromatic heterocycles. The molecule has 5 aromatic rings. The summed E-state index contributed by atoms with van der Waals surface area (Å²) < 4.78 is 67.5. The topological polar surface area (TPSA) is 251 Å². The van der Waals surface area contributed by atoms with Crippen molar-refractivity contribution in [2.24, 2.45) is 0 Å². The molecule has 1 saturated heterocycles. The molecule has 6 rings (SSSR count). The number of anilines is 1. The molecule has 1 fully saturated rings. The standard InChI is InChI=1S/C52H64N4O15S/c1-52(2,3)43-32-47(46(57)33-45(43)55-51(62)42-34-53-44-7-5-4-6-41(44)49(42)60)71-31-29-69-27-25-67-23-21-65-20-22-66-24-26-68-28-30-70-39-12-8-36(9-13-39)37-16-18-56(19-17-37)72(63,64)40-14-10-38(11-15-40)50(61)54-35-48(58)59/h4-15,32-34,37,57H,16-31,35H2,1-3H3,(H,53,60)(H,54,61)(H,55,62)(H,58,59). The minimum absolute atomic E-state index is 0.0425. The highest BCUT2D eigenvalue weighted by Gasteiger charge is 2.30. The number of carboxylic acids is 1. The second-order valence-electron chi connectivity index (χ2n) is 17.8. The molecule has 19 nitrogen and oxygen atoms in total. The number of piperidine rings is 1. The van der Waals surface area contributed by atoms with Crippen molar-refractivity contribution in [2.45, 2.75) is 49.8 Å². The molecule has 0 atom stereocenters. The number of para-hydroxylation sites is 1. The molecule has 72 heavy (non-hydrogen) atoms. The number of sulfonamides is 1. The molecular formula is C52H64N4O15S. The molecule has 5 N–H and O–H groups in total. The summed E-state index contributed by atoms with van der Waals surface area (Å²) in [6, 6.07) is 23.3. The number of ether oxygens (including phenoxy) is 7. The average molecular weight is 1020 g/mol. The summed E-state index contributed by atoms with van der Waals surface area (Å²) in [7, 11) is -3.75. The Morgan fingerprint density at radius 2 is 1.28 bits per heavy atom. The number of aromatic nitrogens is 1. The number of carbonyl (C=O) groups is 3. The van der Waals surface area contributed by atoms with E-state index in [2.05, 4.69) is 15.6 Å². The number of phenols is 1. The Labute approximate surface area is 418 Å². The largest absolute Gasteiger partial charge is 0.504 e. The number of aromatic hydroxyl groups is 1. The molecule has 1 aliphatic rings. The van der Waals surface area contributed by atoms with Gasteiger partial charge in [0, 0.05) is 47.5 Å². The summed E-state index contributed by atoms with van der Waals surface area (Å²) in [5.41, 5.74) is 2.11. The van der Waals surface area contributed by atoms with Crippen molar-refractivity contribution in [2.75, 3.05) is 104 Å². The van der Waals surface area contributed by atoms with Crippen LogP contribution < -0.4 is 25.5 Å². The number of carboxylic acid groups (broad SMARTS) is 1. The van der Waals surface area contributed by atoms with Gasteiger partial charge in [0.05, 0.1) is 71.0 Å². The van der Waals surface area contributed by atoms with Gasteiger partial charge >= 0.3 is 5.97 Å². The van der Waals surface area contributed by atoms with Crippen LogP contribution in [0.5, 0.6) is 17.2 Å². The highest BCUT2D eigenvalue weighted by atomic mass is 32.2. The highest BCUT2D eigenvalue weighted by Crippen LogP contribution is 2.39. The van der Waals surface area contributed by atoms with Gasteiger partial charge in [-0.25, -0.2) is 8.42 Å². The predicted molar refractivity (Wildman–Crippen MR) is 268 cm³/mol. The van der Waals surface area contributed by atoms with Crippen LogP contribution in [0.3, 0.4) is 0 Å². The molecule has 0 aliphatic carbocycles. The Morgan fingerprint density at radius 3 is 1.85 bits per heavy atom. The number of rotatable bonds is 28. The lowest BCUT2D eigenvalue weighted by molar-refractivity contribution is -0.135. The summed E-state index contributed by atoms with van der Waals surface area (Å²) in [6.45, 7) is 10.4. The number of aliphatic carboxylic acids is 1. The lowest BCUT2D eigenvalue weighted by Gasteiger charge is -2.31. The number of aromatic amines is 1. The number of pyridine rings is 1. The third kappa shape index (κ3) is 16.1. The van der Waals surface area contributed by atoms with Gasteiger partial charge in [0.1, 0.15) is 31.1 Å². The van der Waals surface area contributed by atoms with Crippen molar-refractivity contribution in [1.82, 2.24) is 14.6 Å². The van der Waals surface area contributed by atoms with E-state index in [9.17, 15) is 32.7 Å². The Morgan fingerprint density at radius 1 is 0.722 bits per heavy atom. The number of hydrogen-bond acceptors (Lipinski definition) is 14. The second-order valence-corrected chi connectivity index (χ2v) is 19.7. The molecule has 0 saturated carbocycles. The van der Waals surface area contributed by atoms with Gasteiger partial charge < -0.3 is 59.0 Å². The first kappa shape index (κ1) is 54.9. The SMILES string of the molecule is CC(C)(C)c1cc(OCCOCCOCCOCCOCCOCCOc2ccc(C3CCN(S(=O)(=O)c4ccc(C(=O)NCC(=O)O)cc4)CC3)cc2)c(O)cc1NC(=O)c1c[nH]c2ccccc2c1=O. The average Bonchev–Trinajstić information content (AvgIpc) is 3.36. The number of amides is 2. The van der Waals surface area contributed by atoms with E-state index in [1.807, 2.05) is 45.0 Å². The van der Waals surface area contributed by atoms with E-state index in [1.54, 1.807) is 30.3 Å². The minimum atomic E-state index is -3.75. The molecule has 4 aromatic carbocycles. The number of fused-ring (bicyclic) bond motifs is 1. The molecule has 0 spiro atoms. The summed E-state index contributed by atoms with van der Waals surface area (Å²) in [5.74, 6) is -1.39. The van der Waals surface area contributed by atoms with E-state index in [0.29, 0.717) is 120 Å². The van der Waals surface area contributed by atoms with Crippen LogP contribution in [0.25, 0.3) is 10.9 Å². The summed E-state index contributed by atoms with van der Waals surface area (Å²) in [4.78, 5) is 52.1. The molecule has 0 unspecified atom stereocenters. The number of benzene rings is 4. The van der Waals surface area contributed by atoms with Gasteiger partial charge in [-0.1, -0.05) is 45.0 Å². The third-order valence-electron chi connectivity index (χ3n) is 11.6. The maximum atomic E-state index is 13.3. The van der Waals surface area contributed by atoms with Crippen molar-refractivity contribution in [3.63, 3.8) is 0 Å². The fraction of sp³-hybridized carbons (Fsp3) is 0.423. The van der Waals surface area contributed by atoms with Crippen LogP contribution in [0.2, 0.25) is 0 Å². The van der Waals surface area contributed by atoms with Crippen LogP contribution >= 0.6 is 0 Å². The molecule has 1 aliphatic heterocycles. The van der Waals surface area contributed by atoms with Crippen molar-refractivity contribution in [1.29, 1.82) is 0 Å². The molecule has 0 bridgehead atoms. The van der Waals surface area contributed by atoms with Crippen LogP contribution in [0, 0.1) is 0 Å². The number of hydrogen-bond donors (Lipinski definition) is 5. The van der Waals surface area contributed by atoms with Crippen LogP contribution in [0.1, 0.15) is 71.4 Å². The number of nitrogens with one attached hydrogen (secondary N) is 3. The van der Waals surface area contributed by atoms with Gasteiger partial charge in [-0.2, -0.15) is 4.31 Å². The summed E-state index contributed by atoms with van der Waals surface area (Å²) >= 11 is 0. The number of H-pyrrole nitrogens is 1. The van der Waals surface area contributed by atoms with Crippen LogP contribution in [-0.4, -0.2) is 145 Å². The first-order valence-corrected chi connectivity index (χ1v) is 25.2. The highest BCUT2D eigenvalue weighted by molar-refractivity contribution is 7.89. The smallest absolute Gasteiger partial charge is 0.322 e. The summed E-state index contributed by atoms with van der Waals surface area (Å²) in [5, 5.41) is 25.0. The lowest BCUT2D eigenvalue weighted by Crippen LogP contribution is -2.37. The van der Waals surface area contributed by atoms with Crippen molar-refractivity contribution < 1.29 is 66.2 Å². The fourth-order valence-corrected chi connectivity index (χ4v) is 9.27. The van der Waals surface area contributed by atoms with Gasteiger partial charge in [-0.05, 0) is 89.9 Å². The summed E-state index contributed by atoms with van der Waals surface area (Å²) in [6.07, 6.45) is 2.70. The molecule has 20 heteroatoms. The van der Waals surface area contributed by atoms with Gasteiger partial charge in [-0.3, -0.25) is 19.2 Å². The monoisotopic (exact) mass is 1020 g/mol. The molecule has 0 radical (unpaired) electrons. The fourth-order valence-electron chi connectivity index (χ4n) is 7.80. The molecular weight excluding hydrogens is 953 g/mol. The van der Waals surface area contributed by atoms with E-state index < -0.39 is 45.2 Å². The first-order valence-electron chi connectivity index (χ1n) is 23.8. The van der Waals surface area contributed by atoms with E-state index in [-0.39, 0.29) is 46.7 Å². The first-order chi connectivity index (χ1) is 34.6. The maximum absolute atomic E-state index is 13.3. The lowest BCUT2D eigenvalue weighted by atomic mass is 9.85. The Balaban J connectivity index is 0.745. The minimum Gasteiger partial charge on any atom is -0.504 e. The Bertz CT molecular complexity index is 2740. The number of phenolic OH excluding ortho intramolecular Hbond substituents is 1. The van der Waals surface area contributed by atoms with E-state index in [1.165, 1.54) is 40.8 Å². The van der Waals surface area contributed by atoms with Crippen molar-refractivity contribution >= 4 is 44.4 Å². The number of nitrogens with zero attached hydrogens (tertiary/aromatic N) is 1. The van der Waals surface area contributed by atoms with Gasteiger partial charge in [-0.15, -0.1) is 0 Å². The van der Waals surface area contributed by atoms with E-state index in [0.717, 1.165) is 5.56 Å². The second kappa shape index (κ2) is 26.9. The molecule has 2 amide bonds. The van der Waals surface area contributed by atoms with Crippen molar-refractivity contribution in [3.05, 3.63) is 124 Å². The Kier molecular flexibility index (Phi) is 20.5. The van der Waals surface area contributed by atoms with Crippen molar-refractivity contribution in [3.8, 4) is 17.2 Å². The zero-order valence-electron chi connectivity index (χ0n) is 40.8. The zero-order valence-corrected chi connectivity index (χ0v) is 41.6. The third-order valence-corrected chi connectivity index (χ3v) is 13.5. The zero-order chi connectivity index (χ0) is 51.5. The number of carbonyl (C=O) groups excluding carboxylic acids is 2. The quantitative estimate of drug-likeness (QED) is 0.0377. The van der Waals surface area contributed by atoms with Crippen LogP contribution in [0.15, 0.2) is 101 Å². The van der Waals surface area contributed by atoms with Crippen LogP contribution in [-0.2, 0) is 43.9 Å². The van der Waals surface area contributed by atoms with Gasteiger partial charge in [0.15, 0.2) is 11.5 Å². The van der Waals surface area contributed by atoms with E-state index >= 15 is 0 Å². The van der Waals surface area contributed by atoms with Crippen LogP contribution in [0.4, 0.5) is 5.69 Å². The Hall–Kier alpha value is -6.39. The molecule has 2 heterocycles. The van der Waals surface area contributed by atoms with E-state index in [4.69, 9.17) is 38.3 Å². The molecule has 388 valence electrons. The normalized spacial score (nSPS) is 13.5. The predicted octanol–water partition coefficient (Wildman–Crippen LogP) is 5.71. The maximum Gasteiger partial charge on any atom is 0.322 e. The van der Waals surface area contributed by atoms with Gasteiger partial charge in [0.25, 0.3) is 11.8 Å². The van der Waals surface area contributed by atoms with Gasteiger partial charge in [0.2, 0.25) is 15.5 Å².